The van der Waals surface area contributed by atoms with Crippen molar-refractivity contribution >= 4 is 17.7 Å². The van der Waals surface area contributed by atoms with Gasteiger partial charge < -0.3 is 10.1 Å². The predicted octanol–water partition coefficient (Wildman–Crippen LogP) is 2.54. The maximum absolute atomic E-state index is 12.2. The molecule has 28 heavy (non-hydrogen) atoms. The zero-order chi connectivity index (χ0) is 20.3. The van der Waals surface area contributed by atoms with E-state index in [1.165, 1.54) is 36.4 Å². The van der Waals surface area contributed by atoms with Crippen molar-refractivity contribution in [3.8, 4) is 5.75 Å². The van der Waals surface area contributed by atoms with E-state index >= 15 is 0 Å². The quantitative estimate of drug-likeness (QED) is 0.767. The van der Waals surface area contributed by atoms with Crippen LogP contribution in [0.4, 0.5) is 13.2 Å². The summed E-state index contributed by atoms with van der Waals surface area (Å²) >= 11 is 0. The van der Waals surface area contributed by atoms with Crippen LogP contribution in [0.2, 0.25) is 0 Å². The molecule has 3 amide bonds. The van der Waals surface area contributed by atoms with Gasteiger partial charge in [-0.1, -0.05) is 24.3 Å². The lowest BCUT2D eigenvalue weighted by Crippen LogP contribution is -2.40. The molecule has 146 valence electrons. The minimum atomic E-state index is -4.75. The van der Waals surface area contributed by atoms with Crippen LogP contribution in [0, 0.1) is 0 Å². The number of carbonyl (C=O) groups is 3. The van der Waals surface area contributed by atoms with Gasteiger partial charge >= 0.3 is 6.36 Å². The van der Waals surface area contributed by atoms with Gasteiger partial charge in [0.25, 0.3) is 11.8 Å². The van der Waals surface area contributed by atoms with Gasteiger partial charge in [0.2, 0.25) is 5.91 Å². The zero-order valence-electron chi connectivity index (χ0n) is 14.5. The fraction of sp³-hybridized carbons (Fsp3) is 0.211. The van der Waals surface area contributed by atoms with Crippen molar-refractivity contribution in [2.45, 2.75) is 12.8 Å². The molecule has 0 radical (unpaired) electrons. The van der Waals surface area contributed by atoms with E-state index in [2.05, 4.69) is 10.1 Å². The van der Waals surface area contributed by atoms with Crippen molar-refractivity contribution < 1.29 is 32.3 Å². The Morgan fingerprint density at radius 2 is 1.54 bits per heavy atom. The van der Waals surface area contributed by atoms with Crippen LogP contribution in [0.25, 0.3) is 0 Å². The van der Waals surface area contributed by atoms with E-state index in [0.717, 1.165) is 4.90 Å². The van der Waals surface area contributed by atoms with Gasteiger partial charge in [0.05, 0.1) is 11.1 Å². The van der Waals surface area contributed by atoms with Gasteiger partial charge in [0, 0.05) is 6.54 Å². The van der Waals surface area contributed by atoms with Gasteiger partial charge in [0.15, 0.2) is 0 Å². The number of rotatable bonds is 6. The van der Waals surface area contributed by atoms with Crippen LogP contribution in [0.3, 0.4) is 0 Å². The van der Waals surface area contributed by atoms with Crippen LogP contribution < -0.4 is 10.1 Å². The minimum absolute atomic E-state index is 0.196. The fourth-order valence-electron chi connectivity index (χ4n) is 2.79. The summed E-state index contributed by atoms with van der Waals surface area (Å²) in [6.45, 7) is -0.202. The minimum Gasteiger partial charge on any atom is -0.406 e. The van der Waals surface area contributed by atoms with Crippen molar-refractivity contribution in [3.63, 3.8) is 0 Å². The Morgan fingerprint density at radius 1 is 0.964 bits per heavy atom. The lowest BCUT2D eigenvalue weighted by atomic mass is 10.1. The molecule has 3 rings (SSSR count). The van der Waals surface area contributed by atoms with E-state index in [-0.39, 0.29) is 23.4 Å². The van der Waals surface area contributed by atoms with Crippen LogP contribution in [0.1, 0.15) is 26.3 Å². The molecule has 2 aromatic carbocycles. The van der Waals surface area contributed by atoms with E-state index in [4.69, 9.17) is 0 Å². The lowest BCUT2D eigenvalue weighted by molar-refractivity contribution is -0.274. The van der Waals surface area contributed by atoms with Gasteiger partial charge in [-0.05, 0) is 36.2 Å². The molecule has 2 aromatic rings. The number of benzene rings is 2. The van der Waals surface area contributed by atoms with Crippen LogP contribution in [0.15, 0.2) is 48.5 Å². The van der Waals surface area contributed by atoms with Crippen LogP contribution in [-0.2, 0) is 11.2 Å². The molecule has 0 bridgehead atoms. The lowest BCUT2D eigenvalue weighted by Gasteiger charge is -2.13. The number of hydrogen-bond donors (Lipinski definition) is 1. The Labute approximate surface area is 157 Å². The maximum atomic E-state index is 12.2. The van der Waals surface area contributed by atoms with Gasteiger partial charge in [0.1, 0.15) is 12.3 Å². The first-order valence-corrected chi connectivity index (χ1v) is 8.31. The van der Waals surface area contributed by atoms with Crippen molar-refractivity contribution in [1.29, 1.82) is 0 Å². The van der Waals surface area contributed by atoms with Gasteiger partial charge in [-0.15, -0.1) is 13.2 Å². The number of hydrogen-bond acceptors (Lipinski definition) is 4. The molecule has 1 N–H and O–H groups in total. The highest BCUT2D eigenvalue weighted by molar-refractivity contribution is 6.22. The molecule has 1 heterocycles. The highest BCUT2D eigenvalue weighted by atomic mass is 19.4. The summed E-state index contributed by atoms with van der Waals surface area (Å²) in [5, 5.41) is 2.58. The molecule has 0 fully saturated rings. The monoisotopic (exact) mass is 392 g/mol. The van der Waals surface area contributed by atoms with E-state index in [1.807, 2.05) is 0 Å². The third kappa shape index (κ3) is 4.48. The molecule has 0 atom stereocenters. The molecule has 0 aromatic heterocycles. The standard InChI is InChI=1S/C19H15F3N2O4/c20-19(21,22)28-13-7-5-12(6-8-13)9-10-23-16(25)11-24-17(26)14-3-1-2-4-15(14)18(24)27/h1-8H,9-11H2,(H,23,25). The third-order valence-electron chi connectivity index (χ3n) is 4.07. The Morgan fingerprint density at radius 3 is 2.07 bits per heavy atom. The van der Waals surface area contributed by atoms with E-state index in [9.17, 15) is 27.6 Å². The average Bonchev–Trinajstić information content (AvgIpc) is 2.87. The SMILES string of the molecule is O=C(CN1C(=O)c2ccccc2C1=O)NCCc1ccc(OC(F)(F)F)cc1. The molecule has 0 aliphatic carbocycles. The van der Waals surface area contributed by atoms with Crippen molar-refractivity contribution in [2.24, 2.45) is 0 Å². The first kappa shape index (κ1) is 19.4. The Bertz CT molecular complexity index is 875. The zero-order valence-corrected chi connectivity index (χ0v) is 14.5. The van der Waals surface area contributed by atoms with Crippen molar-refractivity contribution in [2.75, 3.05) is 13.1 Å². The number of alkyl halides is 3. The van der Waals surface area contributed by atoms with Crippen LogP contribution >= 0.6 is 0 Å². The summed E-state index contributed by atoms with van der Waals surface area (Å²) in [5.74, 6) is -1.87. The molecule has 0 spiro atoms. The largest absolute Gasteiger partial charge is 0.573 e. The van der Waals surface area contributed by atoms with Gasteiger partial charge in [-0.2, -0.15) is 0 Å². The molecule has 0 saturated carbocycles. The molecular weight excluding hydrogens is 377 g/mol. The highest BCUT2D eigenvalue weighted by Gasteiger charge is 2.36. The van der Waals surface area contributed by atoms with E-state index < -0.39 is 30.6 Å². The maximum Gasteiger partial charge on any atom is 0.573 e. The Kier molecular flexibility index (Phi) is 5.34. The van der Waals surface area contributed by atoms with Gasteiger partial charge in [-0.25, -0.2) is 0 Å². The summed E-state index contributed by atoms with van der Waals surface area (Å²) in [6.07, 6.45) is -4.39. The normalized spacial score (nSPS) is 13.5. The number of ether oxygens (including phenoxy) is 1. The summed E-state index contributed by atoms with van der Waals surface area (Å²) in [5.41, 5.74) is 1.22. The smallest absolute Gasteiger partial charge is 0.406 e. The average molecular weight is 392 g/mol. The van der Waals surface area contributed by atoms with Crippen LogP contribution in [-0.4, -0.2) is 42.1 Å². The van der Waals surface area contributed by atoms with Crippen molar-refractivity contribution in [1.82, 2.24) is 10.2 Å². The molecule has 1 aliphatic rings. The highest BCUT2D eigenvalue weighted by Crippen LogP contribution is 2.23. The second kappa shape index (κ2) is 7.71. The molecule has 0 saturated heterocycles. The number of fused-ring (bicyclic) bond motifs is 1. The predicted molar refractivity (Wildman–Crippen MR) is 91.6 cm³/mol. The number of halogens is 3. The first-order valence-electron chi connectivity index (χ1n) is 8.31. The molecule has 0 unspecified atom stereocenters. The third-order valence-corrected chi connectivity index (χ3v) is 4.07. The molecular formula is C19H15F3N2O4. The first-order chi connectivity index (χ1) is 13.2. The summed E-state index contributed by atoms with van der Waals surface area (Å²) in [4.78, 5) is 37.3. The molecule has 9 heteroatoms. The second-order valence-electron chi connectivity index (χ2n) is 6.03. The number of carbonyl (C=O) groups excluding carboxylic acids is 3. The topological polar surface area (TPSA) is 75.7 Å². The molecule has 6 nitrogen and oxygen atoms in total. The Balaban J connectivity index is 1.48. The van der Waals surface area contributed by atoms with Crippen LogP contribution in [0.5, 0.6) is 5.75 Å². The summed E-state index contributed by atoms with van der Waals surface area (Å²) in [7, 11) is 0. The van der Waals surface area contributed by atoms with E-state index in [1.54, 1.807) is 12.1 Å². The fourth-order valence-corrected chi connectivity index (χ4v) is 2.79. The summed E-state index contributed by atoms with van der Waals surface area (Å²) < 4.78 is 40.1. The van der Waals surface area contributed by atoms with Gasteiger partial charge in [-0.3, -0.25) is 19.3 Å². The Hall–Kier alpha value is -3.36. The second-order valence-corrected chi connectivity index (χ2v) is 6.03. The molecule has 1 aliphatic heterocycles. The van der Waals surface area contributed by atoms with E-state index in [0.29, 0.717) is 12.0 Å². The van der Waals surface area contributed by atoms with Crippen molar-refractivity contribution in [3.05, 3.63) is 65.2 Å². The summed E-state index contributed by atoms with van der Waals surface area (Å²) in [6, 6.07) is 11.6. The number of imide groups is 1. The number of nitrogens with one attached hydrogen (secondary N) is 1. The number of amides is 3. The number of nitrogens with zero attached hydrogens (tertiary/aromatic N) is 1.